The van der Waals surface area contributed by atoms with Crippen molar-refractivity contribution in [3.05, 3.63) is 16.0 Å². The van der Waals surface area contributed by atoms with Gasteiger partial charge < -0.3 is 14.8 Å². The number of rotatable bonds is 7. The van der Waals surface area contributed by atoms with Gasteiger partial charge in [-0.3, -0.25) is 4.79 Å². The zero-order valence-corrected chi connectivity index (χ0v) is 15.8. The molecular weight excluding hydrogens is 330 g/mol. The van der Waals surface area contributed by atoms with Crippen LogP contribution >= 0.6 is 11.3 Å². The van der Waals surface area contributed by atoms with Crippen LogP contribution in [0.25, 0.3) is 0 Å². The van der Waals surface area contributed by atoms with Crippen molar-refractivity contribution in [2.45, 2.75) is 66.6 Å². The van der Waals surface area contributed by atoms with Crippen LogP contribution in [0.5, 0.6) is 0 Å². The molecule has 0 aliphatic rings. The molecule has 1 aromatic rings. The van der Waals surface area contributed by atoms with E-state index in [1.165, 1.54) is 0 Å². The smallest absolute Gasteiger partial charge is 0.348 e. The highest BCUT2D eigenvalue weighted by Crippen LogP contribution is 2.34. The number of hydrogen-bond acceptors (Lipinski definition) is 6. The van der Waals surface area contributed by atoms with Gasteiger partial charge in [0.15, 0.2) is 0 Å². The number of amides is 1. The zero-order chi connectivity index (χ0) is 18.4. The van der Waals surface area contributed by atoms with E-state index in [1.54, 1.807) is 34.6 Å². The van der Waals surface area contributed by atoms with Gasteiger partial charge in [-0.1, -0.05) is 6.92 Å². The summed E-state index contributed by atoms with van der Waals surface area (Å²) in [6, 6.07) is 0. The molecule has 134 valence electrons. The van der Waals surface area contributed by atoms with Crippen molar-refractivity contribution < 1.29 is 23.9 Å². The van der Waals surface area contributed by atoms with Crippen LogP contribution in [0.2, 0.25) is 0 Å². The van der Waals surface area contributed by atoms with E-state index >= 15 is 0 Å². The number of nitrogens with one attached hydrogen (secondary N) is 1. The van der Waals surface area contributed by atoms with E-state index in [4.69, 9.17) is 9.47 Å². The van der Waals surface area contributed by atoms with Crippen LogP contribution in [0.1, 0.15) is 73.1 Å². The molecule has 0 aromatic carbocycles. The van der Waals surface area contributed by atoms with Crippen molar-refractivity contribution in [2.75, 3.05) is 5.32 Å². The lowest BCUT2D eigenvalue weighted by Gasteiger charge is -2.10. The molecule has 0 radical (unpaired) electrons. The number of thiophene rings is 1. The molecule has 1 aromatic heterocycles. The van der Waals surface area contributed by atoms with Gasteiger partial charge >= 0.3 is 11.9 Å². The number of anilines is 1. The quantitative estimate of drug-likeness (QED) is 0.750. The summed E-state index contributed by atoms with van der Waals surface area (Å²) in [6.07, 6.45) is 0.441. The summed E-state index contributed by atoms with van der Waals surface area (Å²) in [7, 11) is 0. The minimum Gasteiger partial charge on any atom is -0.459 e. The molecule has 0 bridgehead atoms. The summed E-state index contributed by atoms with van der Waals surface area (Å²) in [6.45, 7) is 10.5. The predicted octanol–water partition coefficient (Wildman–Crippen LogP) is 3.93. The monoisotopic (exact) mass is 355 g/mol. The third kappa shape index (κ3) is 5.33. The highest BCUT2D eigenvalue weighted by atomic mass is 32.1. The van der Waals surface area contributed by atoms with E-state index in [-0.39, 0.29) is 23.7 Å². The van der Waals surface area contributed by atoms with Gasteiger partial charge in [0.25, 0.3) is 0 Å². The molecular formula is C17H25NO5S. The standard InChI is InChI=1S/C17H25NO5S/c1-7-8-12(19)18-15-13(16(20)22-9(2)3)11(6)14(24-15)17(21)23-10(4)5/h9-10H,7-8H2,1-6H3,(H,18,19). The first kappa shape index (κ1) is 20.2. The third-order valence-corrected chi connectivity index (χ3v) is 4.14. The van der Waals surface area contributed by atoms with E-state index in [0.717, 1.165) is 11.3 Å². The fourth-order valence-electron chi connectivity index (χ4n) is 2.00. The molecule has 6 nitrogen and oxygen atoms in total. The third-order valence-electron chi connectivity index (χ3n) is 2.95. The Labute approximate surface area is 146 Å². The van der Waals surface area contributed by atoms with Crippen molar-refractivity contribution in [3.8, 4) is 0 Å². The van der Waals surface area contributed by atoms with E-state index in [0.29, 0.717) is 28.3 Å². The Bertz CT molecular complexity index is 619. The van der Waals surface area contributed by atoms with Gasteiger partial charge in [-0.15, -0.1) is 11.3 Å². The zero-order valence-electron chi connectivity index (χ0n) is 15.0. The first-order valence-electron chi connectivity index (χ1n) is 8.02. The van der Waals surface area contributed by atoms with Crippen LogP contribution in [0.15, 0.2) is 0 Å². The van der Waals surface area contributed by atoms with Gasteiger partial charge in [-0.25, -0.2) is 9.59 Å². The summed E-state index contributed by atoms with van der Waals surface area (Å²) < 4.78 is 10.4. The average Bonchev–Trinajstić information content (AvgIpc) is 2.74. The minimum atomic E-state index is -0.561. The lowest BCUT2D eigenvalue weighted by molar-refractivity contribution is -0.116. The van der Waals surface area contributed by atoms with Crippen molar-refractivity contribution >= 4 is 34.2 Å². The van der Waals surface area contributed by atoms with Crippen LogP contribution in [-0.4, -0.2) is 30.1 Å². The Kier molecular flexibility index (Phi) is 7.41. The van der Waals surface area contributed by atoms with E-state index < -0.39 is 11.9 Å². The topological polar surface area (TPSA) is 81.7 Å². The summed E-state index contributed by atoms with van der Waals surface area (Å²) in [5.74, 6) is -1.28. The number of hydrogen-bond donors (Lipinski definition) is 1. The highest BCUT2D eigenvalue weighted by Gasteiger charge is 2.28. The molecule has 0 aliphatic heterocycles. The van der Waals surface area contributed by atoms with Crippen LogP contribution in [-0.2, 0) is 14.3 Å². The van der Waals surface area contributed by atoms with Gasteiger partial charge in [-0.05, 0) is 46.6 Å². The first-order chi connectivity index (χ1) is 11.2. The van der Waals surface area contributed by atoms with E-state index in [1.807, 2.05) is 6.92 Å². The van der Waals surface area contributed by atoms with Crippen molar-refractivity contribution in [2.24, 2.45) is 0 Å². The minimum absolute atomic E-state index is 0.207. The second-order valence-corrected chi connectivity index (χ2v) is 6.99. The maximum atomic E-state index is 12.4. The molecule has 0 saturated carbocycles. The largest absolute Gasteiger partial charge is 0.459 e. The first-order valence-corrected chi connectivity index (χ1v) is 8.84. The molecule has 0 atom stereocenters. The van der Waals surface area contributed by atoms with Crippen molar-refractivity contribution in [1.29, 1.82) is 0 Å². The number of esters is 2. The molecule has 7 heteroatoms. The number of carbonyl (C=O) groups excluding carboxylic acids is 3. The number of ether oxygens (including phenoxy) is 2. The van der Waals surface area contributed by atoms with Crippen LogP contribution in [0.3, 0.4) is 0 Å². The molecule has 0 saturated heterocycles. The Morgan fingerprint density at radius 3 is 2.08 bits per heavy atom. The van der Waals surface area contributed by atoms with E-state index in [9.17, 15) is 14.4 Å². The average molecular weight is 355 g/mol. The Balaban J connectivity index is 3.25. The fourth-order valence-corrected chi connectivity index (χ4v) is 3.09. The molecule has 0 spiro atoms. The summed E-state index contributed by atoms with van der Waals surface area (Å²) in [5.41, 5.74) is 0.678. The molecule has 1 rings (SSSR count). The van der Waals surface area contributed by atoms with Crippen LogP contribution in [0, 0.1) is 6.92 Å². The maximum absolute atomic E-state index is 12.4. The van der Waals surface area contributed by atoms with Gasteiger partial charge in [0.1, 0.15) is 9.88 Å². The predicted molar refractivity (Wildman–Crippen MR) is 93.7 cm³/mol. The number of carbonyl (C=O) groups is 3. The van der Waals surface area contributed by atoms with Crippen molar-refractivity contribution in [3.63, 3.8) is 0 Å². The van der Waals surface area contributed by atoms with Gasteiger partial charge in [0, 0.05) is 6.42 Å². The molecule has 24 heavy (non-hydrogen) atoms. The summed E-state index contributed by atoms with van der Waals surface area (Å²) >= 11 is 1.04. The second kappa shape index (κ2) is 8.82. The Morgan fingerprint density at radius 2 is 1.58 bits per heavy atom. The summed E-state index contributed by atoms with van der Waals surface area (Å²) in [4.78, 5) is 36.8. The summed E-state index contributed by atoms with van der Waals surface area (Å²) in [5, 5.41) is 3.03. The van der Waals surface area contributed by atoms with Gasteiger partial charge in [0.2, 0.25) is 5.91 Å². The molecule has 0 unspecified atom stereocenters. The molecule has 0 aliphatic carbocycles. The lowest BCUT2D eigenvalue weighted by atomic mass is 10.1. The maximum Gasteiger partial charge on any atom is 0.348 e. The highest BCUT2D eigenvalue weighted by molar-refractivity contribution is 7.18. The Hall–Kier alpha value is -1.89. The van der Waals surface area contributed by atoms with Gasteiger partial charge in [-0.2, -0.15) is 0 Å². The molecule has 1 N–H and O–H groups in total. The normalized spacial score (nSPS) is 10.8. The van der Waals surface area contributed by atoms with Gasteiger partial charge in [0.05, 0.1) is 17.8 Å². The van der Waals surface area contributed by atoms with E-state index in [2.05, 4.69) is 5.32 Å². The molecule has 1 heterocycles. The fraction of sp³-hybridized carbons (Fsp3) is 0.588. The van der Waals surface area contributed by atoms with Crippen LogP contribution < -0.4 is 5.32 Å². The Morgan fingerprint density at radius 1 is 1.04 bits per heavy atom. The molecule has 0 fully saturated rings. The van der Waals surface area contributed by atoms with Crippen molar-refractivity contribution in [1.82, 2.24) is 0 Å². The molecule has 1 amide bonds. The SMILES string of the molecule is CCCC(=O)Nc1sc(C(=O)OC(C)C)c(C)c1C(=O)OC(C)C. The second-order valence-electron chi connectivity index (χ2n) is 5.97. The lowest BCUT2D eigenvalue weighted by Crippen LogP contribution is -2.16. The van der Waals surface area contributed by atoms with Crippen LogP contribution in [0.4, 0.5) is 5.00 Å².